The predicted octanol–water partition coefficient (Wildman–Crippen LogP) is 3.00. The summed E-state index contributed by atoms with van der Waals surface area (Å²) in [5, 5.41) is 12.9. The lowest BCUT2D eigenvalue weighted by Crippen LogP contribution is -2.56. The van der Waals surface area contributed by atoms with Crippen molar-refractivity contribution >= 4 is 17.7 Å². The fourth-order valence-electron chi connectivity index (χ4n) is 2.09. The summed E-state index contributed by atoms with van der Waals surface area (Å²) in [7, 11) is 0. The average molecular weight is 273 g/mol. The molecule has 0 spiro atoms. The minimum atomic E-state index is -0.672. The number of thioether (sulfide) groups is 1. The smallest absolute Gasteiger partial charge is 0.325 e. The molecule has 0 heterocycles. The van der Waals surface area contributed by atoms with E-state index in [1.54, 1.807) is 11.8 Å². The van der Waals surface area contributed by atoms with Gasteiger partial charge in [0.15, 0.2) is 0 Å². The van der Waals surface area contributed by atoms with Crippen LogP contribution < -0.4 is 5.32 Å². The Kier molecular flexibility index (Phi) is 6.50. The number of carbonyl (C=O) groups is 1. The first-order valence-corrected chi connectivity index (χ1v) is 8.28. The Labute approximate surface area is 115 Å². The fraction of sp³-hybridized carbons (Fsp3) is 0.929. The molecule has 1 aliphatic rings. The summed E-state index contributed by atoms with van der Waals surface area (Å²) in [5.41, 5.74) is -0.672. The zero-order valence-corrected chi connectivity index (χ0v) is 12.7. The Morgan fingerprint density at radius 3 is 2.61 bits per heavy atom. The van der Waals surface area contributed by atoms with Crippen LogP contribution in [0.25, 0.3) is 0 Å². The van der Waals surface area contributed by atoms with Crippen molar-refractivity contribution in [2.75, 3.05) is 18.1 Å². The maximum Gasteiger partial charge on any atom is 0.325 e. The summed E-state index contributed by atoms with van der Waals surface area (Å²) >= 11 is 1.80. The van der Waals surface area contributed by atoms with Crippen molar-refractivity contribution in [3.63, 3.8) is 0 Å². The van der Waals surface area contributed by atoms with Crippen molar-refractivity contribution in [3.05, 3.63) is 0 Å². The zero-order valence-electron chi connectivity index (χ0n) is 11.9. The maximum absolute atomic E-state index is 11.7. The highest BCUT2D eigenvalue weighted by Crippen LogP contribution is 2.42. The lowest BCUT2D eigenvalue weighted by Gasteiger charge is -2.31. The second-order valence-corrected chi connectivity index (χ2v) is 6.54. The van der Waals surface area contributed by atoms with Crippen LogP contribution in [0.1, 0.15) is 46.5 Å². The molecule has 0 amide bonds. The molecule has 0 aliphatic heterocycles. The molecular weight excluding hydrogens is 246 g/mol. The van der Waals surface area contributed by atoms with E-state index in [9.17, 15) is 9.90 Å². The summed E-state index contributed by atoms with van der Waals surface area (Å²) in [6.45, 7) is 7.30. The van der Waals surface area contributed by atoms with Gasteiger partial charge >= 0.3 is 5.97 Å². The van der Waals surface area contributed by atoms with E-state index >= 15 is 0 Å². The van der Waals surface area contributed by atoms with Crippen LogP contribution in [0, 0.1) is 11.8 Å². The molecule has 106 valence electrons. The van der Waals surface area contributed by atoms with Crippen molar-refractivity contribution in [1.82, 2.24) is 5.32 Å². The molecule has 0 aromatic rings. The number of carboxylic acid groups (broad SMARTS) is 1. The average Bonchev–Trinajstić information content (AvgIpc) is 3.17. The summed E-state index contributed by atoms with van der Waals surface area (Å²) in [6, 6.07) is 0. The van der Waals surface area contributed by atoms with E-state index in [4.69, 9.17) is 0 Å². The molecule has 18 heavy (non-hydrogen) atoms. The number of rotatable bonds is 10. The minimum Gasteiger partial charge on any atom is -0.480 e. The molecule has 1 aliphatic carbocycles. The maximum atomic E-state index is 11.7. The monoisotopic (exact) mass is 273 g/mol. The van der Waals surface area contributed by atoms with Crippen LogP contribution in [-0.2, 0) is 4.79 Å². The number of carboxylic acids is 1. The number of nitrogens with one attached hydrogen (secondary N) is 1. The summed E-state index contributed by atoms with van der Waals surface area (Å²) < 4.78 is 0. The third kappa shape index (κ3) is 4.16. The van der Waals surface area contributed by atoms with Crippen molar-refractivity contribution in [1.29, 1.82) is 0 Å². The Bertz CT molecular complexity index is 269. The number of hydrogen-bond donors (Lipinski definition) is 2. The standard InChI is InChI=1S/C14H27NO2S/c1-4-8-15-14(13(16)17,12-6-7-12)10-18-9-11(3)5-2/h11-12,15H,4-10H2,1-3H3,(H,16,17). The molecule has 2 atom stereocenters. The highest BCUT2D eigenvalue weighted by atomic mass is 32.2. The molecule has 0 aromatic heterocycles. The Balaban J connectivity index is 2.55. The van der Waals surface area contributed by atoms with Crippen molar-refractivity contribution < 1.29 is 9.90 Å². The number of aliphatic carboxylic acids is 1. The SMILES string of the molecule is CCCNC(CSCC(C)CC)(C(=O)O)C1CC1. The van der Waals surface area contributed by atoms with Crippen LogP contribution >= 0.6 is 11.8 Å². The van der Waals surface area contributed by atoms with Gasteiger partial charge in [0.05, 0.1) is 0 Å². The summed E-state index contributed by atoms with van der Waals surface area (Å²) in [5.74, 6) is 2.12. The first-order chi connectivity index (χ1) is 8.56. The molecule has 0 bridgehead atoms. The molecule has 2 unspecified atom stereocenters. The molecule has 2 N–H and O–H groups in total. The van der Waals surface area contributed by atoms with Gasteiger partial charge < -0.3 is 10.4 Å². The quantitative estimate of drug-likeness (QED) is 0.642. The second-order valence-electron chi connectivity index (χ2n) is 5.51. The van der Waals surface area contributed by atoms with Crippen LogP contribution in [0.4, 0.5) is 0 Å². The Morgan fingerprint density at radius 1 is 1.50 bits per heavy atom. The highest BCUT2D eigenvalue weighted by Gasteiger charge is 2.50. The van der Waals surface area contributed by atoms with E-state index in [2.05, 4.69) is 26.1 Å². The minimum absolute atomic E-state index is 0.339. The highest BCUT2D eigenvalue weighted by molar-refractivity contribution is 7.99. The second kappa shape index (κ2) is 7.39. The van der Waals surface area contributed by atoms with Crippen molar-refractivity contribution in [3.8, 4) is 0 Å². The lowest BCUT2D eigenvalue weighted by molar-refractivity contribution is -0.144. The third-order valence-electron chi connectivity index (χ3n) is 3.78. The van der Waals surface area contributed by atoms with Crippen molar-refractivity contribution in [2.24, 2.45) is 11.8 Å². The molecule has 0 radical (unpaired) electrons. The van der Waals surface area contributed by atoms with E-state index < -0.39 is 11.5 Å². The Hall–Kier alpha value is -0.220. The van der Waals surface area contributed by atoms with Crippen LogP contribution in [0.2, 0.25) is 0 Å². The van der Waals surface area contributed by atoms with Crippen LogP contribution in [-0.4, -0.2) is 34.7 Å². The third-order valence-corrected chi connectivity index (χ3v) is 5.24. The summed E-state index contributed by atoms with van der Waals surface area (Å²) in [4.78, 5) is 11.7. The van der Waals surface area contributed by atoms with Gasteiger partial charge in [-0.1, -0.05) is 27.2 Å². The summed E-state index contributed by atoms with van der Waals surface area (Å²) in [6.07, 6.45) is 4.27. The fourth-order valence-corrected chi connectivity index (χ4v) is 3.63. The van der Waals surface area contributed by atoms with Gasteiger partial charge in [-0.25, -0.2) is 0 Å². The molecule has 0 saturated heterocycles. The number of hydrogen-bond acceptors (Lipinski definition) is 3. The van der Waals surface area contributed by atoms with E-state index in [-0.39, 0.29) is 0 Å². The first kappa shape index (κ1) is 15.8. The molecule has 4 heteroatoms. The van der Waals surface area contributed by atoms with E-state index in [0.717, 1.165) is 31.6 Å². The van der Waals surface area contributed by atoms with Gasteiger partial charge in [0.1, 0.15) is 5.54 Å². The lowest BCUT2D eigenvalue weighted by atomic mass is 9.95. The topological polar surface area (TPSA) is 49.3 Å². The molecular formula is C14H27NO2S. The van der Waals surface area contributed by atoms with Crippen LogP contribution in [0.3, 0.4) is 0 Å². The molecule has 1 saturated carbocycles. The Morgan fingerprint density at radius 2 is 2.17 bits per heavy atom. The first-order valence-electron chi connectivity index (χ1n) is 7.13. The normalized spacial score (nSPS) is 20.4. The van der Waals surface area contributed by atoms with E-state index in [1.165, 1.54) is 6.42 Å². The van der Waals surface area contributed by atoms with Gasteiger partial charge in [-0.15, -0.1) is 0 Å². The molecule has 1 fully saturated rings. The molecule has 3 nitrogen and oxygen atoms in total. The van der Waals surface area contributed by atoms with Crippen LogP contribution in [0.5, 0.6) is 0 Å². The predicted molar refractivity (Wildman–Crippen MR) is 78.2 cm³/mol. The van der Waals surface area contributed by atoms with Gasteiger partial charge in [0.2, 0.25) is 0 Å². The zero-order chi connectivity index (χ0) is 13.6. The van der Waals surface area contributed by atoms with E-state index in [1.807, 2.05) is 0 Å². The van der Waals surface area contributed by atoms with Crippen LogP contribution in [0.15, 0.2) is 0 Å². The van der Waals surface area contributed by atoms with Gasteiger partial charge in [-0.2, -0.15) is 11.8 Å². The van der Waals surface area contributed by atoms with Gasteiger partial charge in [0.25, 0.3) is 0 Å². The molecule has 1 rings (SSSR count). The van der Waals surface area contributed by atoms with E-state index in [0.29, 0.717) is 17.6 Å². The molecule has 0 aromatic carbocycles. The van der Waals surface area contributed by atoms with Gasteiger partial charge in [0, 0.05) is 5.75 Å². The van der Waals surface area contributed by atoms with Gasteiger partial charge in [-0.3, -0.25) is 4.79 Å². The van der Waals surface area contributed by atoms with Gasteiger partial charge in [-0.05, 0) is 43.4 Å². The largest absolute Gasteiger partial charge is 0.480 e. The van der Waals surface area contributed by atoms with Crippen molar-refractivity contribution in [2.45, 2.75) is 52.0 Å².